The molecular weight excluding hydrogens is 1330 g/mol. The molecule has 3 N–H and O–H groups in total. The molecule has 2 unspecified atom stereocenters. The number of esters is 4. The number of phosphoric ester groups is 2. The summed E-state index contributed by atoms with van der Waals surface area (Å²) >= 11 is 0. The highest BCUT2D eigenvalue weighted by molar-refractivity contribution is 7.47. The molecule has 102 heavy (non-hydrogen) atoms. The van der Waals surface area contributed by atoms with Crippen LogP contribution in [0.2, 0.25) is 0 Å². The Bertz CT molecular complexity index is 1940. The van der Waals surface area contributed by atoms with Gasteiger partial charge in [-0.05, 0) is 31.6 Å². The van der Waals surface area contributed by atoms with Crippen LogP contribution in [0.3, 0.4) is 0 Å². The number of carbonyl (C=O) groups excluding carboxylic acids is 4. The Hall–Kier alpha value is -1.94. The monoisotopic (exact) mass is 1490 g/mol. The maximum atomic E-state index is 13.1. The minimum atomic E-state index is -4.96. The molecule has 0 aromatic carbocycles. The summed E-state index contributed by atoms with van der Waals surface area (Å²) in [5.74, 6) is -1.43. The van der Waals surface area contributed by atoms with Gasteiger partial charge in [-0.15, -0.1) is 0 Å². The summed E-state index contributed by atoms with van der Waals surface area (Å²) in [7, 11) is -9.92. The molecule has 19 heteroatoms. The van der Waals surface area contributed by atoms with Gasteiger partial charge in [0, 0.05) is 25.7 Å². The van der Waals surface area contributed by atoms with E-state index >= 15 is 0 Å². The second-order valence-corrected chi connectivity index (χ2v) is 33.3. The Morgan fingerprint density at radius 1 is 0.265 bits per heavy atom. The molecule has 606 valence electrons. The smallest absolute Gasteiger partial charge is 0.462 e. The fourth-order valence-corrected chi connectivity index (χ4v) is 14.5. The van der Waals surface area contributed by atoms with Crippen molar-refractivity contribution >= 4 is 39.5 Å². The molecule has 0 rings (SSSR count). The van der Waals surface area contributed by atoms with Gasteiger partial charge in [0.1, 0.15) is 19.3 Å². The summed E-state index contributed by atoms with van der Waals surface area (Å²) in [6.45, 7) is 7.26. The van der Waals surface area contributed by atoms with E-state index in [4.69, 9.17) is 37.0 Å². The molecule has 0 aliphatic rings. The summed E-state index contributed by atoms with van der Waals surface area (Å²) in [5.41, 5.74) is 0. The van der Waals surface area contributed by atoms with E-state index in [1.165, 1.54) is 263 Å². The van der Waals surface area contributed by atoms with E-state index in [2.05, 4.69) is 34.6 Å². The number of rotatable bonds is 83. The maximum Gasteiger partial charge on any atom is 0.472 e. The van der Waals surface area contributed by atoms with Crippen molar-refractivity contribution in [2.45, 2.75) is 464 Å². The average Bonchev–Trinajstić information content (AvgIpc) is 0.924. The van der Waals surface area contributed by atoms with Crippen molar-refractivity contribution in [3.63, 3.8) is 0 Å². The van der Waals surface area contributed by atoms with Crippen molar-refractivity contribution in [2.24, 2.45) is 5.92 Å². The number of aliphatic hydroxyl groups is 1. The van der Waals surface area contributed by atoms with Gasteiger partial charge >= 0.3 is 39.5 Å². The number of hydrogen-bond acceptors (Lipinski definition) is 15. The molecule has 0 radical (unpaired) electrons. The molecule has 0 aliphatic heterocycles. The predicted molar refractivity (Wildman–Crippen MR) is 418 cm³/mol. The lowest BCUT2D eigenvalue weighted by Crippen LogP contribution is -2.30. The molecule has 0 spiro atoms. The van der Waals surface area contributed by atoms with Crippen LogP contribution in [-0.4, -0.2) is 96.7 Å². The van der Waals surface area contributed by atoms with Crippen LogP contribution in [0, 0.1) is 5.92 Å². The Balaban J connectivity index is 5.19. The van der Waals surface area contributed by atoms with Gasteiger partial charge < -0.3 is 33.8 Å². The molecule has 0 bridgehead atoms. The molecule has 0 saturated carbocycles. The summed E-state index contributed by atoms with van der Waals surface area (Å²) in [5, 5.41) is 10.6. The molecule has 0 fully saturated rings. The second-order valence-electron chi connectivity index (χ2n) is 30.3. The lowest BCUT2D eigenvalue weighted by atomic mass is 10.0. The van der Waals surface area contributed by atoms with Gasteiger partial charge in [-0.1, -0.05) is 394 Å². The lowest BCUT2D eigenvalue weighted by Gasteiger charge is -2.21. The van der Waals surface area contributed by atoms with E-state index < -0.39 is 97.5 Å². The van der Waals surface area contributed by atoms with E-state index in [0.717, 1.165) is 96.3 Å². The summed E-state index contributed by atoms with van der Waals surface area (Å²) in [6, 6.07) is 0. The number of ether oxygens (including phenoxy) is 4. The topological polar surface area (TPSA) is 237 Å². The lowest BCUT2D eigenvalue weighted by molar-refractivity contribution is -0.161. The zero-order valence-electron chi connectivity index (χ0n) is 66.8. The quantitative estimate of drug-likeness (QED) is 0.0222. The van der Waals surface area contributed by atoms with Gasteiger partial charge in [0.2, 0.25) is 0 Å². The average molecular weight is 1490 g/mol. The van der Waals surface area contributed by atoms with Crippen LogP contribution in [0.1, 0.15) is 446 Å². The van der Waals surface area contributed by atoms with Gasteiger partial charge in [-0.3, -0.25) is 37.3 Å². The fraction of sp³-hybridized carbons (Fsp3) is 0.952. The van der Waals surface area contributed by atoms with E-state index in [1.54, 1.807) is 0 Å². The molecule has 0 aromatic heterocycles. The Kier molecular flexibility index (Phi) is 74.4. The number of hydrogen-bond donors (Lipinski definition) is 3. The first kappa shape index (κ1) is 100. The third-order valence-electron chi connectivity index (χ3n) is 19.5. The van der Waals surface area contributed by atoms with Gasteiger partial charge in [0.05, 0.1) is 26.4 Å². The highest BCUT2D eigenvalue weighted by Crippen LogP contribution is 2.45. The highest BCUT2D eigenvalue weighted by Gasteiger charge is 2.30. The first-order valence-electron chi connectivity index (χ1n) is 43.1. The number of unbranched alkanes of at least 4 members (excludes halogenated alkanes) is 55. The maximum absolute atomic E-state index is 13.1. The summed E-state index contributed by atoms with van der Waals surface area (Å²) in [6.07, 6.45) is 68.3. The molecular formula is C83H162O17P2. The van der Waals surface area contributed by atoms with Crippen LogP contribution in [0.25, 0.3) is 0 Å². The van der Waals surface area contributed by atoms with E-state index in [9.17, 15) is 43.2 Å². The molecule has 0 aliphatic carbocycles. The molecule has 17 nitrogen and oxygen atoms in total. The fourth-order valence-electron chi connectivity index (χ4n) is 12.9. The highest BCUT2D eigenvalue weighted by atomic mass is 31.2. The van der Waals surface area contributed by atoms with Crippen LogP contribution < -0.4 is 0 Å². The molecule has 0 aromatic rings. The van der Waals surface area contributed by atoms with Crippen molar-refractivity contribution in [3.8, 4) is 0 Å². The molecule has 0 heterocycles. The Morgan fingerprint density at radius 3 is 0.667 bits per heavy atom. The van der Waals surface area contributed by atoms with E-state index in [1.807, 2.05) is 0 Å². The number of aliphatic hydroxyl groups excluding tert-OH is 1. The third-order valence-corrected chi connectivity index (χ3v) is 21.4. The SMILES string of the molecule is CCCCCCCCCCCCCCCCCCCCCCCCC(=O)O[C@H](COC(=O)CCCCCCCCCCCCCCCCCC)COP(=O)(O)OC[C@@H](O)COP(=O)(O)OC[C@@H](COC(=O)CCCCCCCCC(C)C)OC(=O)CCCCCCCCCCCCCCCCC. The van der Waals surface area contributed by atoms with Crippen LogP contribution in [0.15, 0.2) is 0 Å². The van der Waals surface area contributed by atoms with Crippen molar-refractivity contribution in [1.82, 2.24) is 0 Å². The van der Waals surface area contributed by atoms with Crippen LogP contribution in [0.5, 0.6) is 0 Å². The van der Waals surface area contributed by atoms with E-state index in [0.29, 0.717) is 31.6 Å². The van der Waals surface area contributed by atoms with Crippen LogP contribution in [0.4, 0.5) is 0 Å². The second kappa shape index (κ2) is 75.9. The first-order valence-corrected chi connectivity index (χ1v) is 46.1. The van der Waals surface area contributed by atoms with E-state index in [-0.39, 0.29) is 25.7 Å². The zero-order valence-corrected chi connectivity index (χ0v) is 68.5. The van der Waals surface area contributed by atoms with Crippen molar-refractivity contribution < 1.29 is 80.2 Å². The van der Waals surface area contributed by atoms with Gasteiger partial charge in [-0.2, -0.15) is 0 Å². The minimum absolute atomic E-state index is 0.108. The predicted octanol–water partition coefficient (Wildman–Crippen LogP) is 25.2. The number of phosphoric acid groups is 2. The summed E-state index contributed by atoms with van der Waals surface area (Å²) in [4.78, 5) is 73.0. The third kappa shape index (κ3) is 76.3. The zero-order chi connectivity index (χ0) is 74.8. The molecule has 0 amide bonds. The van der Waals surface area contributed by atoms with Crippen molar-refractivity contribution in [2.75, 3.05) is 39.6 Å². The van der Waals surface area contributed by atoms with Crippen LogP contribution in [-0.2, 0) is 65.4 Å². The normalized spacial score (nSPS) is 13.8. The van der Waals surface area contributed by atoms with Crippen molar-refractivity contribution in [1.29, 1.82) is 0 Å². The van der Waals surface area contributed by atoms with Gasteiger partial charge in [0.15, 0.2) is 12.2 Å². The number of carbonyl (C=O) groups is 4. The largest absolute Gasteiger partial charge is 0.472 e. The van der Waals surface area contributed by atoms with Gasteiger partial charge in [0.25, 0.3) is 0 Å². The summed E-state index contributed by atoms with van der Waals surface area (Å²) < 4.78 is 68.7. The van der Waals surface area contributed by atoms with Crippen LogP contribution >= 0.6 is 15.6 Å². The Morgan fingerprint density at radius 2 is 0.451 bits per heavy atom. The minimum Gasteiger partial charge on any atom is -0.462 e. The molecule has 5 atom stereocenters. The first-order chi connectivity index (χ1) is 49.5. The van der Waals surface area contributed by atoms with Gasteiger partial charge in [-0.25, -0.2) is 9.13 Å². The molecule has 0 saturated heterocycles. The standard InChI is InChI=1S/C83H162O17P2/c1-6-9-12-15-18-21-24-27-30-32-33-34-35-36-37-40-43-46-49-52-59-64-68-82(87)99-78(72-93-80(85)66-61-56-50-47-44-41-39-31-28-25-22-19-16-13-10-7-2)74-97-101(89,90)95-70-77(84)71-96-102(91,92)98-75-79(73-94-81(86)67-62-57-54-53-55-60-65-76(4)5)100-83(88)69-63-58-51-48-45-42-38-29-26-23-20-17-14-11-8-3/h76-79,84H,6-75H2,1-5H3,(H,89,90)(H,91,92)/t77-,78-,79-/m1/s1. The Labute approximate surface area is 626 Å². The van der Waals surface area contributed by atoms with Crippen molar-refractivity contribution in [3.05, 3.63) is 0 Å².